The normalized spacial score (nSPS) is 10.7. The molecule has 0 amide bonds. The fourth-order valence-corrected chi connectivity index (χ4v) is 1.82. The zero-order chi connectivity index (χ0) is 16.5. The van der Waals surface area contributed by atoms with Crippen molar-refractivity contribution >= 4 is 11.4 Å². The Morgan fingerprint density at radius 1 is 1.29 bits per heavy atom. The number of nitrogens with two attached hydrogens (primary N) is 1. The number of rotatable bonds is 7. The van der Waals surface area contributed by atoms with Gasteiger partial charge in [0.15, 0.2) is 0 Å². The van der Waals surface area contributed by atoms with Crippen LogP contribution in [0.25, 0.3) is 0 Å². The van der Waals surface area contributed by atoms with Crippen molar-refractivity contribution in [3.63, 3.8) is 0 Å². The predicted octanol–water partition coefficient (Wildman–Crippen LogP) is 3.14. The minimum Gasteiger partial charge on any atom is -0.399 e. The lowest BCUT2D eigenvalue weighted by Crippen LogP contribution is -2.26. The Morgan fingerprint density at radius 2 is 1.90 bits per heavy atom. The van der Waals surface area contributed by atoms with Crippen LogP contribution in [-0.2, 0) is 14.9 Å². The molecule has 2 N–H and O–H groups in total. The number of ether oxygens (including phenoxy) is 2. The molecule has 0 aromatic heterocycles. The van der Waals surface area contributed by atoms with E-state index in [1.165, 1.54) is 6.07 Å². The third-order valence-corrected chi connectivity index (χ3v) is 2.84. The molecule has 0 bridgehead atoms. The van der Waals surface area contributed by atoms with Gasteiger partial charge in [0, 0.05) is 29.8 Å². The zero-order valence-electron chi connectivity index (χ0n) is 13.5. The second-order valence-electron chi connectivity index (χ2n) is 4.96. The van der Waals surface area contributed by atoms with Crippen molar-refractivity contribution in [1.29, 1.82) is 0 Å². The Balaban J connectivity index is 0.00000191. The lowest BCUT2D eigenvalue weighted by Gasteiger charge is -2.24. The maximum atomic E-state index is 11.1. The summed E-state index contributed by atoms with van der Waals surface area (Å²) in [7, 11) is 1.60. The third kappa shape index (κ3) is 6.10. The smallest absolute Gasteiger partial charge is 0.275 e. The van der Waals surface area contributed by atoms with Crippen LogP contribution in [0.15, 0.2) is 18.2 Å². The maximum Gasteiger partial charge on any atom is 0.275 e. The lowest BCUT2D eigenvalue weighted by molar-refractivity contribution is -0.386. The minimum atomic E-state index is -0.468. The van der Waals surface area contributed by atoms with Gasteiger partial charge in [-0.15, -0.1) is 0 Å². The first kappa shape index (κ1) is 19.3. The number of nitro benzene ring substituents is 1. The first-order chi connectivity index (χ1) is 9.88. The van der Waals surface area contributed by atoms with Crippen molar-refractivity contribution in [2.45, 2.75) is 33.1 Å². The third-order valence-electron chi connectivity index (χ3n) is 2.84. The summed E-state index contributed by atoms with van der Waals surface area (Å²) >= 11 is 0. The predicted molar refractivity (Wildman–Crippen MR) is 84.6 cm³/mol. The first-order valence-electron chi connectivity index (χ1n) is 6.99. The fourth-order valence-electron chi connectivity index (χ4n) is 1.82. The van der Waals surface area contributed by atoms with E-state index >= 15 is 0 Å². The van der Waals surface area contributed by atoms with E-state index in [4.69, 9.17) is 15.2 Å². The van der Waals surface area contributed by atoms with Gasteiger partial charge in [0.2, 0.25) is 0 Å². The molecule has 6 nitrogen and oxygen atoms in total. The van der Waals surface area contributed by atoms with Crippen LogP contribution in [0.5, 0.6) is 0 Å². The van der Waals surface area contributed by atoms with E-state index in [2.05, 4.69) is 0 Å². The highest BCUT2D eigenvalue weighted by atomic mass is 16.6. The number of nitro groups is 1. The number of nitrogen functional groups attached to an aromatic ring is 1. The monoisotopic (exact) mass is 298 g/mol. The summed E-state index contributed by atoms with van der Waals surface area (Å²) < 4.78 is 10.4. The molecule has 0 aliphatic heterocycles. The molecular formula is C15H26N2O4. The number of nitrogens with zero attached hydrogens (tertiary/aromatic N) is 1. The van der Waals surface area contributed by atoms with Crippen molar-refractivity contribution in [2.75, 3.05) is 32.7 Å². The summed E-state index contributed by atoms with van der Waals surface area (Å²) in [5, 5.41) is 11.1. The Kier molecular flexibility index (Phi) is 8.57. The molecule has 21 heavy (non-hydrogen) atoms. The average Bonchev–Trinajstić information content (AvgIpc) is 2.45. The lowest BCUT2D eigenvalue weighted by atomic mass is 9.84. The second-order valence-corrected chi connectivity index (χ2v) is 4.96. The first-order valence-corrected chi connectivity index (χ1v) is 6.99. The summed E-state index contributed by atoms with van der Waals surface area (Å²) in [5.41, 5.74) is 6.15. The highest BCUT2D eigenvalue weighted by Gasteiger charge is 2.29. The fraction of sp³-hybridized carbons (Fsp3) is 0.600. The molecule has 6 heteroatoms. The quantitative estimate of drug-likeness (QED) is 0.361. The molecule has 1 rings (SSSR count). The van der Waals surface area contributed by atoms with Crippen LogP contribution < -0.4 is 5.73 Å². The van der Waals surface area contributed by atoms with Crippen molar-refractivity contribution in [1.82, 2.24) is 0 Å². The average molecular weight is 298 g/mol. The molecule has 0 saturated carbocycles. The summed E-state index contributed by atoms with van der Waals surface area (Å²) in [6.45, 7) is 9.14. The van der Waals surface area contributed by atoms with E-state index in [1.807, 2.05) is 27.7 Å². The van der Waals surface area contributed by atoms with Crippen molar-refractivity contribution in [3.8, 4) is 0 Å². The van der Waals surface area contributed by atoms with Crippen LogP contribution >= 0.6 is 0 Å². The highest BCUT2D eigenvalue weighted by molar-refractivity contribution is 5.54. The molecule has 1 aromatic carbocycles. The second kappa shape index (κ2) is 9.31. The molecule has 0 unspecified atom stereocenters. The van der Waals surface area contributed by atoms with Gasteiger partial charge in [-0.3, -0.25) is 10.1 Å². The number of methoxy groups -OCH3 is 1. The summed E-state index contributed by atoms with van der Waals surface area (Å²) in [4.78, 5) is 10.7. The van der Waals surface area contributed by atoms with E-state index in [9.17, 15) is 10.1 Å². The Bertz CT molecular complexity index is 447. The molecular weight excluding hydrogens is 272 g/mol. The summed E-state index contributed by atoms with van der Waals surface area (Å²) in [6, 6.07) is 4.73. The van der Waals surface area contributed by atoms with Gasteiger partial charge in [-0.2, -0.15) is 0 Å². The SMILES string of the molecule is CC.COCCOCC(C)(C)c1ccc(N)cc1[N+](=O)[O-]. The standard InChI is InChI=1S/C13H20N2O4.C2H6/c1-13(2,9-19-7-6-18-3)11-5-4-10(14)8-12(11)15(16)17;1-2/h4-5,8H,6-7,9,14H2,1-3H3;1-2H3. The van der Waals surface area contributed by atoms with Crippen LogP contribution in [0, 0.1) is 10.1 Å². The van der Waals surface area contributed by atoms with Gasteiger partial charge in [0.05, 0.1) is 24.7 Å². The molecule has 0 spiro atoms. The van der Waals surface area contributed by atoms with Gasteiger partial charge in [-0.25, -0.2) is 0 Å². The van der Waals surface area contributed by atoms with Gasteiger partial charge in [-0.05, 0) is 12.1 Å². The highest BCUT2D eigenvalue weighted by Crippen LogP contribution is 2.33. The molecule has 0 aliphatic carbocycles. The molecule has 0 heterocycles. The molecule has 0 saturated heterocycles. The van der Waals surface area contributed by atoms with Crippen molar-refractivity contribution in [2.24, 2.45) is 0 Å². The van der Waals surface area contributed by atoms with E-state index < -0.39 is 10.3 Å². The van der Waals surface area contributed by atoms with E-state index in [-0.39, 0.29) is 5.69 Å². The largest absolute Gasteiger partial charge is 0.399 e. The van der Waals surface area contributed by atoms with Crippen LogP contribution in [0.1, 0.15) is 33.3 Å². The van der Waals surface area contributed by atoms with E-state index in [1.54, 1.807) is 19.2 Å². The summed E-state index contributed by atoms with van der Waals surface area (Å²) in [6.07, 6.45) is 0. The Hall–Kier alpha value is -1.66. The molecule has 120 valence electrons. The molecule has 0 atom stereocenters. The van der Waals surface area contributed by atoms with Gasteiger partial charge in [-0.1, -0.05) is 27.7 Å². The number of anilines is 1. The Labute approximate surface area is 126 Å². The van der Waals surface area contributed by atoms with Crippen LogP contribution in [-0.4, -0.2) is 31.9 Å². The molecule has 1 aromatic rings. The van der Waals surface area contributed by atoms with Gasteiger partial charge >= 0.3 is 0 Å². The maximum absolute atomic E-state index is 11.1. The molecule has 0 radical (unpaired) electrons. The van der Waals surface area contributed by atoms with E-state index in [0.717, 1.165) is 0 Å². The van der Waals surface area contributed by atoms with Crippen molar-refractivity contribution in [3.05, 3.63) is 33.9 Å². The van der Waals surface area contributed by atoms with Gasteiger partial charge < -0.3 is 15.2 Å². The number of hydrogen-bond acceptors (Lipinski definition) is 5. The molecule has 0 aliphatic rings. The van der Waals surface area contributed by atoms with Gasteiger partial charge in [0.25, 0.3) is 5.69 Å². The molecule has 0 fully saturated rings. The van der Waals surface area contributed by atoms with Crippen LogP contribution in [0.2, 0.25) is 0 Å². The Morgan fingerprint density at radius 3 is 2.43 bits per heavy atom. The van der Waals surface area contributed by atoms with Gasteiger partial charge in [0.1, 0.15) is 0 Å². The number of hydrogen-bond donors (Lipinski definition) is 1. The number of benzene rings is 1. The summed E-state index contributed by atoms with van der Waals surface area (Å²) in [5.74, 6) is 0. The zero-order valence-corrected chi connectivity index (χ0v) is 13.5. The van der Waals surface area contributed by atoms with Crippen LogP contribution in [0.4, 0.5) is 11.4 Å². The van der Waals surface area contributed by atoms with Crippen LogP contribution in [0.3, 0.4) is 0 Å². The minimum absolute atomic E-state index is 0.0281. The van der Waals surface area contributed by atoms with E-state index in [0.29, 0.717) is 31.1 Å². The topological polar surface area (TPSA) is 87.6 Å². The van der Waals surface area contributed by atoms with Crippen molar-refractivity contribution < 1.29 is 14.4 Å².